The highest BCUT2D eigenvalue weighted by Gasteiger charge is 2.59. The Balaban J connectivity index is 3.04. The number of hydrogen-bond donors (Lipinski definition) is 7. The summed E-state index contributed by atoms with van der Waals surface area (Å²) in [4.78, 5) is 11.0. The molecule has 0 aromatic rings. The average Bonchev–Trinajstić information content (AvgIpc) is 2.39. The fraction of sp³-hybridized carbons (Fsp3) is 0.923. The summed E-state index contributed by atoms with van der Waals surface area (Å²) >= 11 is 0. The van der Waals surface area contributed by atoms with Crippen LogP contribution in [0.25, 0.3) is 0 Å². The van der Waals surface area contributed by atoms with Gasteiger partial charge in [0.15, 0.2) is 0 Å². The summed E-state index contributed by atoms with van der Waals surface area (Å²) in [6, 6.07) is 0. The van der Waals surface area contributed by atoms with Gasteiger partial charge in [-0.25, -0.2) is 0 Å². The highest BCUT2D eigenvalue weighted by Crippen LogP contribution is 2.33. The van der Waals surface area contributed by atoms with Crippen LogP contribution in [0.1, 0.15) is 6.42 Å². The molecule has 0 amide bonds. The van der Waals surface area contributed by atoms with E-state index in [9.17, 15) is 35.4 Å². The number of carboxylic acid groups (broad SMARTS) is 1. The lowest BCUT2D eigenvalue weighted by Crippen LogP contribution is -2.72. The van der Waals surface area contributed by atoms with Gasteiger partial charge in [0.25, 0.3) is 0 Å². The Labute approximate surface area is 133 Å². The van der Waals surface area contributed by atoms with E-state index in [1.54, 1.807) is 21.1 Å². The van der Waals surface area contributed by atoms with E-state index in [2.05, 4.69) is 0 Å². The van der Waals surface area contributed by atoms with Crippen LogP contribution in [0, 0.1) is 0 Å². The second kappa shape index (κ2) is 6.95. The minimum atomic E-state index is -2.83. The SMILES string of the molecule is C[N+](C)(C)C[C@@H](CC(=O)O)OC1(O)[C@H](O)[C@H](O)C(O)[C@H](O)[C@H]1O. The van der Waals surface area contributed by atoms with Gasteiger partial charge in [0, 0.05) is 0 Å². The van der Waals surface area contributed by atoms with E-state index >= 15 is 0 Å². The predicted octanol–water partition coefficient (Wildman–Crippen LogP) is -3.94. The van der Waals surface area contributed by atoms with Gasteiger partial charge in [0.05, 0.1) is 27.6 Å². The van der Waals surface area contributed by atoms with Gasteiger partial charge in [-0.15, -0.1) is 0 Å². The van der Waals surface area contributed by atoms with E-state index in [-0.39, 0.29) is 11.0 Å². The zero-order valence-electron chi connectivity index (χ0n) is 13.3. The van der Waals surface area contributed by atoms with Gasteiger partial charge in [0.2, 0.25) is 5.79 Å². The van der Waals surface area contributed by atoms with Crippen molar-refractivity contribution in [1.29, 1.82) is 0 Å². The summed E-state index contributed by atoms with van der Waals surface area (Å²) in [5.74, 6) is -4.05. The maximum atomic E-state index is 11.0. The maximum Gasteiger partial charge on any atom is 0.306 e. The maximum absolute atomic E-state index is 11.0. The van der Waals surface area contributed by atoms with E-state index in [1.165, 1.54) is 0 Å². The van der Waals surface area contributed by atoms with Gasteiger partial charge >= 0.3 is 5.97 Å². The summed E-state index contributed by atoms with van der Waals surface area (Å²) in [7, 11) is 5.22. The Kier molecular flexibility index (Phi) is 6.10. The van der Waals surface area contributed by atoms with Crippen molar-refractivity contribution in [3.8, 4) is 0 Å². The molecule has 23 heavy (non-hydrogen) atoms. The van der Waals surface area contributed by atoms with Crippen LogP contribution in [0.5, 0.6) is 0 Å². The van der Waals surface area contributed by atoms with Crippen LogP contribution < -0.4 is 0 Å². The Hall–Kier alpha value is -0.850. The van der Waals surface area contributed by atoms with Crippen molar-refractivity contribution >= 4 is 5.97 Å². The lowest BCUT2D eigenvalue weighted by molar-refractivity contribution is -0.874. The van der Waals surface area contributed by atoms with Crippen LogP contribution >= 0.6 is 0 Å². The second-order valence-electron chi connectivity index (χ2n) is 6.92. The number of carbonyl (C=O) groups is 1. The quantitative estimate of drug-likeness (QED) is 0.188. The fourth-order valence-electron chi connectivity index (χ4n) is 2.60. The van der Waals surface area contributed by atoms with Gasteiger partial charge in [0.1, 0.15) is 43.2 Å². The van der Waals surface area contributed by atoms with Crippen molar-refractivity contribution in [3.05, 3.63) is 0 Å². The molecule has 1 saturated carbocycles. The minimum absolute atomic E-state index is 0.1000. The average molecular weight is 340 g/mol. The summed E-state index contributed by atoms with van der Waals surface area (Å²) in [5, 5.41) is 68.0. The molecule has 10 nitrogen and oxygen atoms in total. The smallest absolute Gasteiger partial charge is 0.306 e. The normalized spacial score (nSPS) is 40.0. The number of aliphatic carboxylic acids is 1. The third kappa shape index (κ3) is 4.58. The number of likely N-dealkylation sites (N-methyl/N-ethyl adjacent to an activating group) is 1. The number of ether oxygens (including phenoxy) is 1. The molecule has 0 aromatic heterocycles. The highest BCUT2D eigenvalue weighted by molar-refractivity contribution is 5.67. The number of quaternary nitrogens is 1. The standard InChI is InChI=1S/C13H25NO9/c1-14(2,3)5-6(4-7(15)16)23-13(22)11(20)9(18)8(17)10(19)12(13)21/h6,8-12,17-22H,4-5H2,1-3H3/p+1/t6-,8?,9-,10+,11-,12-,13?/m1/s1. The number of nitrogens with zero attached hydrogens (tertiary/aromatic N) is 1. The Morgan fingerprint density at radius 3 is 1.83 bits per heavy atom. The van der Waals surface area contributed by atoms with Crippen molar-refractivity contribution in [3.63, 3.8) is 0 Å². The molecular formula is C13H26NO9+. The van der Waals surface area contributed by atoms with Crippen LogP contribution in [-0.4, -0.2) is 116 Å². The first-order chi connectivity index (χ1) is 10.3. The molecule has 1 fully saturated rings. The third-order valence-electron chi connectivity index (χ3n) is 3.70. The largest absolute Gasteiger partial charge is 0.481 e. The molecule has 0 bridgehead atoms. The molecule has 2 unspecified atom stereocenters. The minimum Gasteiger partial charge on any atom is -0.481 e. The molecule has 0 aliphatic heterocycles. The van der Waals surface area contributed by atoms with E-state index in [4.69, 9.17) is 9.84 Å². The van der Waals surface area contributed by atoms with Crippen molar-refractivity contribution in [2.75, 3.05) is 27.7 Å². The fourth-order valence-corrected chi connectivity index (χ4v) is 2.60. The van der Waals surface area contributed by atoms with E-state index < -0.39 is 54.8 Å². The third-order valence-corrected chi connectivity index (χ3v) is 3.70. The summed E-state index contributed by atoms with van der Waals surface area (Å²) < 4.78 is 5.47. The lowest BCUT2D eigenvalue weighted by atomic mass is 9.82. The number of aliphatic hydroxyl groups excluding tert-OH is 5. The molecule has 0 saturated heterocycles. The van der Waals surface area contributed by atoms with Crippen molar-refractivity contribution in [1.82, 2.24) is 0 Å². The number of aliphatic hydroxyl groups is 6. The molecule has 136 valence electrons. The molecular weight excluding hydrogens is 314 g/mol. The molecule has 0 spiro atoms. The van der Waals surface area contributed by atoms with Crippen LogP contribution in [-0.2, 0) is 9.53 Å². The highest BCUT2D eigenvalue weighted by atomic mass is 16.7. The molecule has 1 rings (SSSR count). The first-order valence-corrected chi connectivity index (χ1v) is 7.12. The zero-order valence-corrected chi connectivity index (χ0v) is 13.3. The van der Waals surface area contributed by atoms with Crippen LogP contribution in [0.4, 0.5) is 0 Å². The van der Waals surface area contributed by atoms with Gasteiger partial charge in [-0.05, 0) is 0 Å². The molecule has 7 atom stereocenters. The molecule has 1 aliphatic carbocycles. The molecule has 0 radical (unpaired) electrons. The zero-order chi connectivity index (χ0) is 18.2. The van der Waals surface area contributed by atoms with Crippen LogP contribution in [0.2, 0.25) is 0 Å². The number of carboxylic acids is 1. The molecule has 7 N–H and O–H groups in total. The Morgan fingerprint density at radius 1 is 1.04 bits per heavy atom. The van der Waals surface area contributed by atoms with E-state index in [0.717, 1.165) is 0 Å². The van der Waals surface area contributed by atoms with Gasteiger partial charge in [-0.3, -0.25) is 4.79 Å². The Bertz CT molecular complexity index is 408. The number of hydrogen-bond acceptors (Lipinski definition) is 8. The van der Waals surface area contributed by atoms with Crippen LogP contribution in [0.15, 0.2) is 0 Å². The monoisotopic (exact) mass is 340 g/mol. The number of rotatable bonds is 6. The first-order valence-electron chi connectivity index (χ1n) is 7.12. The van der Waals surface area contributed by atoms with E-state index in [1.807, 2.05) is 0 Å². The second-order valence-corrected chi connectivity index (χ2v) is 6.92. The summed E-state index contributed by atoms with van der Waals surface area (Å²) in [6.45, 7) is 0.1000. The van der Waals surface area contributed by atoms with Gasteiger partial charge in [-0.1, -0.05) is 0 Å². The van der Waals surface area contributed by atoms with Gasteiger partial charge in [-0.2, -0.15) is 0 Å². The summed E-state index contributed by atoms with van der Waals surface area (Å²) in [5.41, 5.74) is 0. The van der Waals surface area contributed by atoms with Crippen molar-refractivity contribution in [2.24, 2.45) is 0 Å². The Morgan fingerprint density at radius 2 is 1.48 bits per heavy atom. The molecule has 0 heterocycles. The lowest BCUT2D eigenvalue weighted by Gasteiger charge is -2.48. The summed E-state index contributed by atoms with van der Waals surface area (Å²) in [6.07, 6.45) is -11.8. The molecule has 10 heteroatoms. The topological polar surface area (TPSA) is 168 Å². The first kappa shape index (κ1) is 20.2. The van der Waals surface area contributed by atoms with Crippen molar-refractivity contribution < 1.29 is 49.8 Å². The molecule has 0 aromatic carbocycles. The van der Waals surface area contributed by atoms with Gasteiger partial charge < -0.3 is 45.0 Å². The predicted molar refractivity (Wildman–Crippen MR) is 75.0 cm³/mol. The van der Waals surface area contributed by atoms with Crippen molar-refractivity contribution in [2.45, 2.75) is 48.8 Å². The van der Waals surface area contributed by atoms with E-state index in [0.29, 0.717) is 0 Å². The van der Waals surface area contributed by atoms with Crippen LogP contribution in [0.3, 0.4) is 0 Å². The molecule has 1 aliphatic rings.